The lowest BCUT2D eigenvalue weighted by molar-refractivity contribution is 0.205. The van der Waals surface area contributed by atoms with Crippen molar-refractivity contribution in [2.45, 2.75) is 6.92 Å². The van der Waals surface area contributed by atoms with Crippen LogP contribution in [0.5, 0.6) is 0 Å². The molecule has 0 fully saturated rings. The SMILES string of the molecule is CCN(CCOC)c1ncccc1N. The number of nitrogens with two attached hydrogens (primary N) is 1. The first-order valence-electron chi connectivity index (χ1n) is 4.74. The van der Waals surface area contributed by atoms with Crippen LogP contribution in [-0.4, -0.2) is 31.8 Å². The Hall–Kier alpha value is -1.29. The van der Waals surface area contributed by atoms with E-state index in [0.29, 0.717) is 12.3 Å². The maximum atomic E-state index is 5.82. The second-order valence-corrected chi connectivity index (χ2v) is 2.99. The average molecular weight is 195 g/mol. The molecule has 0 aliphatic rings. The normalized spacial score (nSPS) is 10.1. The van der Waals surface area contributed by atoms with Crippen LogP contribution in [0, 0.1) is 0 Å². The molecule has 4 heteroatoms. The fraction of sp³-hybridized carbons (Fsp3) is 0.500. The van der Waals surface area contributed by atoms with Gasteiger partial charge in [0.1, 0.15) is 0 Å². The third kappa shape index (κ3) is 2.60. The van der Waals surface area contributed by atoms with E-state index >= 15 is 0 Å². The van der Waals surface area contributed by atoms with Crippen molar-refractivity contribution in [3.05, 3.63) is 18.3 Å². The lowest BCUT2D eigenvalue weighted by Crippen LogP contribution is -2.28. The van der Waals surface area contributed by atoms with Gasteiger partial charge in [0.05, 0.1) is 12.3 Å². The van der Waals surface area contributed by atoms with Gasteiger partial charge in [0.2, 0.25) is 0 Å². The van der Waals surface area contributed by atoms with Gasteiger partial charge >= 0.3 is 0 Å². The van der Waals surface area contributed by atoms with Crippen molar-refractivity contribution in [2.75, 3.05) is 37.4 Å². The van der Waals surface area contributed by atoms with Crippen LogP contribution in [0.3, 0.4) is 0 Å². The van der Waals surface area contributed by atoms with Gasteiger partial charge in [0.15, 0.2) is 5.82 Å². The summed E-state index contributed by atoms with van der Waals surface area (Å²) in [6.07, 6.45) is 1.75. The van der Waals surface area contributed by atoms with Gasteiger partial charge in [-0.05, 0) is 19.1 Å². The molecular formula is C10H17N3O. The minimum Gasteiger partial charge on any atom is -0.396 e. The summed E-state index contributed by atoms with van der Waals surface area (Å²) in [5.74, 6) is 0.840. The second kappa shape index (κ2) is 5.44. The molecule has 0 radical (unpaired) electrons. The van der Waals surface area contributed by atoms with Crippen molar-refractivity contribution in [3.63, 3.8) is 0 Å². The molecule has 0 atom stereocenters. The van der Waals surface area contributed by atoms with Gasteiger partial charge in [0, 0.05) is 26.4 Å². The summed E-state index contributed by atoms with van der Waals surface area (Å²) in [5.41, 5.74) is 6.54. The number of hydrogen-bond donors (Lipinski definition) is 1. The van der Waals surface area contributed by atoms with E-state index in [1.54, 1.807) is 13.3 Å². The summed E-state index contributed by atoms with van der Waals surface area (Å²) in [4.78, 5) is 6.34. The molecule has 14 heavy (non-hydrogen) atoms. The van der Waals surface area contributed by atoms with Gasteiger partial charge in [-0.15, -0.1) is 0 Å². The third-order valence-electron chi connectivity index (χ3n) is 2.06. The zero-order valence-corrected chi connectivity index (χ0v) is 8.73. The minimum absolute atomic E-state index is 0.684. The molecule has 0 aliphatic carbocycles. The van der Waals surface area contributed by atoms with Crippen molar-refractivity contribution < 1.29 is 4.74 Å². The number of aromatic nitrogens is 1. The van der Waals surface area contributed by atoms with Crippen LogP contribution in [0.15, 0.2) is 18.3 Å². The number of nitrogen functional groups attached to an aromatic ring is 1. The number of hydrogen-bond acceptors (Lipinski definition) is 4. The standard InChI is InChI=1S/C10H17N3O/c1-3-13(7-8-14-2)10-9(11)5-4-6-12-10/h4-6H,3,7-8,11H2,1-2H3. The molecule has 78 valence electrons. The first-order valence-corrected chi connectivity index (χ1v) is 4.74. The van der Waals surface area contributed by atoms with Crippen LogP contribution < -0.4 is 10.6 Å². The Balaban J connectivity index is 2.73. The van der Waals surface area contributed by atoms with Crippen molar-refractivity contribution in [3.8, 4) is 0 Å². The Kier molecular flexibility index (Phi) is 4.19. The summed E-state index contributed by atoms with van der Waals surface area (Å²) in [6.45, 7) is 4.45. The van der Waals surface area contributed by atoms with Crippen LogP contribution in [0.4, 0.5) is 11.5 Å². The number of nitrogens with zero attached hydrogens (tertiary/aromatic N) is 2. The molecule has 0 saturated heterocycles. The van der Waals surface area contributed by atoms with E-state index < -0.39 is 0 Å². The van der Waals surface area contributed by atoms with E-state index in [1.807, 2.05) is 12.1 Å². The van der Waals surface area contributed by atoms with Gasteiger partial charge in [-0.2, -0.15) is 0 Å². The van der Waals surface area contributed by atoms with Crippen LogP contribution in [0.2, 0.25) is 0 Å². The quantitative estimate of drug-likeness (QED) is 0.765. The summed E-state index contributed by atoms with van der Waals surface area (Å²) < 4.78 is 5.03. The summed E-state index contributed by atoms with van der Waals surface area (Å²) in [5, 5.41) is 0. The van der Waals surface area contributed by atoms with E-state index in [0.717, 1.165) is 18.9 Å². The maximum Gasteiger partial charge on any atom is 0.151 e. The Labute approximate surface area is 84.7 Å². The molecule has 0 amide bonds. The summed E-state index contributed by atoms with van der Waals surface area (Å²) in [7, 11) is 1.69. The molecule has 1 rings (SSSR count). The number of methoxy groups -OCH3 is 1. The van der Waals surface area contributed by atoms with E-state index in [2.05, 4.69) is 16.8 Å². The molecule has 0 saturated carbocycles. The molecule has 0 spiro atoms. The fourth-order valence-electron chi connectivity index (χ4n) is 1.29. The highest BCUT2D eigenvalue weighted by atomic mass is 16.5. The molecule has 0 bridgehead atoms. The lowest BCUT2D eigenvalue weighted by atomic mass is 10.3. The molecule has 0 aromatic carbocycles. The van der Waals surface area contributed by atoms with E-state index in [1.165, 1.54) is 0 Å². The predicted octanol–water partition coefficient (Wildman–Crippen LogP) is 1.14. The molecule has 1 aromatic rings. The van der Waals surface area contributed by atoms with Gasteiger partial charge < -0.3 is 15.4 Å². The van der Waals surface area contributed by atoms with Crippen LogP contribution >= 0.6 is 0 Å². The highest BCUT2D eigenvalue weighted by Crippen LogP contribution is 2.18. The van der Waals surface area contributed by atoms with Crippen molar-refractivity contribution in [1.29, 1.82) is 0 Å². The van der Waals surface area contributed by atoms with Gasteiger partial charge in [-0.1, -0.05) is 0 Å². The Morgan fingerprint density at radius 1 is 1.57 bits per heavy atom. The van der Waals surface area contributed by atoms with E-state index in [9.17, 15) is 0 Å². The zero-order valence-electron chi connectivity index (χ0n) is 8.73. The zero-order chi connectivity index (χ0) is 10.4. The Bertz CT molecular complexity index is 278. The van der Waals surface area contributed by atoms with Crippen molar-refractivity contribution in [1.82, 2.24) is 4.98 Å². The van der Waals surface area contributed by atoms with Crippen LogP contribution in [0.1, 0.15) is 6.92 Å². The maximum absolute atomic E-state index is 5.82. The number of likely N-dealkylation sites (N-methyl/N-ethyl adjacent to an activating group) is 1. The smallest absolute Gasteiger partial charge is 0.151 e. The third-order valence-corrected chi connectivity index (χ3v) is 2.06. The molecule has 0 aliphatic heterocycles. The predicted molar refractivity (Wildman–Crippen MR) is 58.4 cm³/mol. The minimum atomic E-state index is 0.684. The van der Waals surface area contributed by atoms with Gasteiger partial charge in [0.25, 0.3) is 0 Å². The molecule has 0 unspecified atom stereocenters. The number of ether oxygens (including phenoxy) is 1. The van der Waals surface area contributed by atoms with E-state index in [-0.39, 0.29) is 0 Å². The Morgan fingerprint density at radius 2 is 2.36 bits per heavy atom. The lowest BCUT2D eigenvalue weighted by Gasteiger charge is -2.22. The summed E-state index contributed by atoms with van der Waals surface area (Å²) >= 11 is 0. The van der Waals surface area contributed by atoms with Crippen LogP contribution in [-0.2, 0) is 4.74 Å². The van der Waals surface area contributed by atoms with Gasteiger partial charge in [-0.3, -0.25) is 0 Å². The highest BCUT2D eigenvalue weighted by Gasteiger charge is 2.07. The number of anilines is 2. The monoisotopic (exact) mass is 195 g/mol. The first-order chi connectivity index (χ1) is 6.79. The molecule has 1 heterocycles. The summed E-state index contributed by atoms with van der Waals surface area (Å²) in [6, 6.07) is 3.70. The number of rotatable bonds is 5. The number of pyridine rings is 1. The fourth-order valence-corrected chi connectivity index (χ4v) is 1.29. The van der Waals surface area contributed by atoms with Crippen molar-refractivity contribution >= 4 is 11.5 Å². The average Bonchev–Trinajstić information content (AvgIpc) is 2.21. The Morgan fingerprint density at radius 3 is 2.93 bits per heavy atom. The van der Waals surface area contributed by atoms with Crippen molar-refractivity contribution in [2.24, 2.45) is 0 Å². The molecule has 2 N–H and O–H groups in total. The van der Waals surface area contributed by atoms with Gasteiger partial charge in [-0.25, -0.2) is 4.98 Å². The molecular weight excluding hydrogens is 178 g/mol. The van der Waals surface area contributed by atoms with E-state index in [4.69, 9.17) is 10.5 Å². The molecule has 1 aromatic heterocycles. The molecule has 4 nitrogen and oxygen atoms in total. The first kappa shape index (κ1) is 10.8. The largest absolute Gasteiger partial charge is 0.396 e. The van der Waals surface area contributed by atoms with Crippen LogP contribution in [0.25, 0.3) is 0 Å². The topological polar surface area (TPSA) is 51.4 Å². The highest BCUT2D eigenvalue weighted by molar-refractivity contribution is 5.61. The second-order valence-electron chi connectivity index (χ2n) is 2.99.